The molecule has 18 heavy (non-hydrogen) atoms. The van der Waals surface area contributed by atoms with Crippen molar-refractivity contribution < 1.29 is 19.1 Å². The van der Waals surface area contributed by atoms with Crippen LogP contribution in [0, 0.1) is 0 Å². The van der Waals surface area contributed by atoms with E-state index in [9.17, 15) is 9.59 Å². The number of amides is 2. The van der Waals surface area contributed by atoms with E-state index in [1.54, 1.807) is 18.2 Å². The van der Waals surface area contributed by atoms with Crippen molar-refractivity contribution in [1.29, 1.82) is 0 Å². The molecule has 0 bridgehead atoms. The third-order valence-corrected chi connectivity index (χ3v) is 2.37. The first-order chi connectivity index (χ1) is 8.70. The lowest BCUT2D eigenvalue weighted by Gasteiger charge is -2.06. The summed E-state index contributed by atoms with van der Waals surface area (Å²) in [4.78, 5) is 22.9. The molecule has 1 heterocycles. The standard InChI is InChI=1S/C12H14N2O4/c1-2-5-13-11(15)12(16)14-8-3-4-9-10(6-8)18-7-17-9/h3-4,6H,2,5,7H2,1H3,(H,13,15)(H,14,16). The Morgan fingerprint density at radius 2 is 2.00 bits per heavy atom. The third-order valence-electron chi connectivity index (χ3n) is 2.37. The quantitative estimate of drug-likeness (QED) is 0.781. The van der Waals surface area contributed by atoms with Crippen molar-refractivity contribution in [3.05, 3.63) is 18.2 Å². The Bertz CT molecular complexity index is 473. The van der Waals surface area contributed by atoms with Crippen LogP contribution in [0.2, 0.25) is 0 Å². The van der Waals surface area contributed by atoms with E-state index in [0.29, 0.717) is 23.7 Å². The van der Waals surface area contributed by atoms with Gasteiger partial charge in [-0.05, 0) is 18.6 Å². The molecule has 96 valence electrons. The lowest BCUT2D eigenvalue weighted by atomic mass is 10.2. The molecular formula is C12H14N2O4. The van der Waals surface area contributed by atoms with Crippen LogP contribution < -0.4 is 20.1 Å². The SMILES string of the molecule is CCCNC(=O)C(=O)Nc1ccc2c(c1)OCO2. The summed E-state index contributed by atoms with van der Waals surface area (Å²) in [5.74, 6) is -0.151. The largest absolute Gasteiger partial charge is 0.454 e. The van der Waals surface area contributed by atoms with Crippen LogP contribution in [-0.2, 0) is 9.59 Å². The fourth-order valence-electron chi connectivity index (χ4n) is 1.48. The highest BCUT2D eigenvalue weighted by Gasteiger charge is 2.16. The molecule has 0 unspecified atom stereocenters. The average Bonchev–Trinajstić information content (AvgIpc) is 2.83. The molecule has 0 aromatic heterocycles. The Labute approximate surface area is 104 Å². The molecule has 0 radical (unpaired) electrons. The van der Waals surface area contributed by atoms with Crippen molar-refractivity contribution in [3.63, 3.8) is 0 Å². The first kappa shape index (κ1) is 12.2. The average molecular weight is 250 g/mol. The summed E-state index contributed by atoms with van der Waals surface area (Å²) >= 11 is 0. The van der Waals surface area contributed by atoms with Crippen LogP contribution in [0.4, 0.5) is 5.69 Å². The predicted molar refractivity (Wildman–Crippen MR) is 64.5 cm³/mol. The lowest BCUT2D eigenvalue weighted by molar-refractivity contribution is -0.136. The fraction of sp³-hybridized carbons (Fsp3) is 0.333. The smallest absolute Gasteiger partial charge is 0.313 e. The summed E-state index contributed by atoms with van der Waals surface area (Å²) in [6.07, 6.45) is 0.781. The van der Waals surface area contributed by atoms with Gasteiger partial charge in [0, 0.05) is 18.3 Å². The number of fused-ring (bicyclic) bond motifs is 1. The minimum atomic E-state index is -0.692. The summed E-state index contributed by atoms with van der Waals surface area (Å²) in [6.45, 7) is 2.56. The van der Waals surface area contributed by atoms with E-state index in [2.05, 4.69) is 10.6 Å². The molecule has 2 N–H and O–H groups in total. The normalized spacial score (nSPS) is 12.1. The number of nitrogens with one attached hydrogen (secondary N) is 2. The number of anilines is 1. The van der Waals surface area contributed by atoms with Crippen molar-refractivity contribution in [2.24, 2.45) is 0 Å². The highest BCUT2D eigenvalue weighted by atomic mass is 16.7. The van der Waals surface area contributed by atoms with Gasteiger partial charge in [-0.1, -0.05) is 6.92 Å². The van der Waals surface area contributed by atoms with Gasteiger partial charge in [0.25, 0.3) is 0 Å². The number of rotatable bonds is 3. The maximum absolute atomic E-state index is 11.5. The van der Waals surface area contributed by atoms with E-state index in [1.165, 1.54) is 0 Å². The van der Waals surface area contributed by atoms with E-state index in [0.717, 1.165) is 6.42 Å². The molecule has 1 aliphatic rings. The van der Waals surface area contributed by atoms with E-state index < -0.39 is 11.8 Å². The highest BCUT2D eigenvalue weighted by Crippen LogP contribution is 2.34. The predicted octanol–water partition coefficient (Wildman–Crippen LogP) is 0.880. The van der Waals surface area contributed by atoms with E-state index in [-0.39, 0.29) is 6.79 Å². The Kier molecular flexibility index (Phi) is 3.66. The maximum Gasteiger partial charge on any atom is 0.313 e. The Morgan fingerprint density at radius 3 is 2.78 bits per heavy atom. The summed E-state index contributed by atoms with van der Waals surface area (Å²) in [5, 5.41) is 4.99. The van der Waals surface area contributed by atoms with Crippen molar-refractivity contribution in [2.45, 2.75) is 13.3 Å². The lowest BCUT2D eigenvalue weighted by Crippen LogP contribution is -2.35. The van der Waals surface area contributed by atoms with E-state index in [4.69, 9.17) is 9.47 Å². The number of benzene rings is 1. The third kappa shape index (κ3) is 2.71. The zero-order chi connectivity index (χ0) is 13.0. The van der Waals surface area contributed by atoms with Crippen molar-refractivity contribution >= 4 is 17.5 Å². The van der Waals surface area contributed by atoms with Gasteiger partial charge >= 0.3 is 11.8 Å². The molecule has 1 aliphatic heterocycles. The van der Waals surface area contributed by atoms with E-state index in [1.807, 2.05) is 6.92 Å². The van der Waals surface area contributed by atoms with Crippen LogP contribution in [-0.4, -0.2) is 25.2 Å². The molecule has 0 fully saturated rings. The Balaban J connectivity index is 1.97. The van der Waals surface area contributed by atoms with Gasteiger partial charge in [0.15, 0.2) is 11.5 Å². The Morgan fingerprint density at radius 1 is 1.22 bits per heavy atom. The second kappa shape index (κ2) is 5.39. The van der Waals surface area contributed by atoms with Crippen LogP contribution in [0.3, 0.4) is 0 Å². The van der Waals surface area contributed by atoms with Gasteiger partial charge in [0.1, 0.15) is 0 Å². The van der Waals surface area contributed by atoms with Crippen LogP contribution >= 0.6 is 0 Å². The van der Waals surface area contributed by atoms with E-state index >= 15 is 0 Å². The molecule has 0 aliphatic carbocycles. The van der Waals surface area contributed by atoms with Gasteiger partial charge < -0.3 is 20.1 Å². The van der Waals surface area contributed by atoms with Gasteiger partial charge in [-0.25, -0.2) is 0 Å². The molecule has 2 rings (SSSR count). The van der Waals surface area contributed by atoms with Crippen molar-refractivity contribution in [1.82, 2.24) is 5.32 Å². The fourth-order valence-corrected chi connectivity index (χ4v) is 1.48. The minimum Gasteiger partial charge on any atom is -0.454 e. The molecule has 0 spiro atoms. The number of ether oxygens (including phenoxy) is 2. The summed E-state index contributed by atoms with van der Waals surface area (Å²) in [7, 11) is 0. The second-order valence-corrected chi connectivity index (χ2v) is 3.78. The molecule has 1 aromatic carbocycles. The summed E-state index contributed by atoms with van der Waals surface area (Å²) in [6, 6.07) is 4.95. The monoisotopic (exact) mass is 250 g/mol. The van der Waals surface area contributed by atoms with Crippen molar-refractivity contribution in [3.8, 4) is 11.5 Å². The van der Waals surface area contributed by atoms with Gasteiger partial charge in [-0.3, -0.25) is 9.59 Å². The molecule has 1 aromatic rings. The van der Waals surface area contributed by atoms with Gasteiger partial charge in [-0.2, -0.15) is 0 Å². The van der Waals surface area contributed by atoms with Crippen LogP contribution in [0.25, 0.3) is 0 Å². The van der Waals surface area contributed by atoms with Gasteiger partial charge in [0.2, 0.25) is 6.79 Å². The second-order valence-electron chi connectivity index (χ2n) is 3.78. The summed E-state index contributed by atoms with van der Waals surface area (Å²) in [5.41, 5.74) is 0.496. The number of carbonyl (C=O) groups is 2. The molecule has 0 saturated carbocycles. The molecule has 0 atom stereocenters. The van der Waals surface area contributed by atoms with Gasteiger partial charge in [-0.15, -0.1) is 0 Å². The molecule has 0 saturated heterocycles. The molecular weight excluding hydrogens is 236 g/mol. The molecule has 6 heteroatoms. The van der Waals surface area contributed by atoms with Crippen LogP contribution in [0.15, 0.2) is 18.2 Å². The molecule has 6 nitrogen and oxygen atoms in total. The number of hydrogen-bond acceptors (Lipinski definition) is 4. The highest BCUT2D eigenvalue weighted by molar-refractivity contribution is 6.39. The topological polar surface area (TPSA) is 76.7 Å². The van der Waals surface area contributed by atoms with Gasteiger partial charge in [0.05, 0.1) is 0 Å². The molecule has 2 amide bonds. The van der Waals surface area contributed by atoms with Crippen molar-refractivity contribution in [2.75, 3.05) is 18.7 Å². The maximum atomic E-state index is 11.5. The number of carbonyl (C=O) groups excluding carboxylic acids is 2. The zero-order valence-electron chi connectivity index (χ0n) is 9.99. The minimum absolute atomic E-state index is 0.170. The first-order valence-electron chi connectivity index (χ1n) is 5.69. The Hall–Kier alpha value is -2.24. The zero-order valence-corrected chi connectivity index (χ0v) is 9.99. The van der Waals surface area contributed by atoms with Crippen LogP contribution in [0.5, 0.6) is 11.5 Å². The first-order valence-corrected chi connectivity index (χ1v) is 5.69. The summed E-state index contributed by atoms with van der Waals surface area (Å²) < 4.78 is 10.3. The number of hydrogen-bond donors (Lipinski definition) is 2. The van der Waals surface area contributed by atoms with Crippen LogP contribution in [0.1, 0.15) is 13.3 Å².